The maximum absolute atomic E-state index is 12.3. The van der Waals surface area contributed by atoms with Crippen LogP contribution in [0.25, 0.3) is 21.9 Å². The molecule has 0 aliphatic rings. The second-order valence-corrected chi connectivity index (χ2v) is 5.44. The number of benzene rings is 2. The minimum absolute atomic E-state index is 0.0975. The molecule has 2 amide bonds. The van der Waals surface area contributed by atoms with Gasteiger partial charge in [0, 0.05) is 42.7 Å². The third-order valence-corrected chi connectivity index (χ3v) is 3.85. The SMILES string of the molecule is COCCN(CCO)C(=O)Nc1ccc2c(c1)oc1ccccc12. The van der Waals surface area contributed by atoms with E-state index in [0.717, 1.165) is 21.9 Å². The summed E-state index contributed by atoms with van der Waals surface area (Å²) in [5.74, 6) is 0. The fourth-order valence-electron chi connectivity index (χ4n) is 2.64. The predicted octanol–water partition coefficient (Wildman–Crippen LogP) is 3.06. The number of methoxy groups -OCH3 is 1. The molecule has 0 unspecified atom stereocenters. The van der Waals surface area contributed by atoms with Crippen LogP contribution in [0.1, 0.15) is 0 Å². The summed E-state index contributed by atoms with van der Waals surface area (Å²) in [7, 11) is 1.57. The van der Waals surface area contributed by atoms with Crippen molar-refractivity contribution in [3.63, 3.8) is 0 Å². The van der Waals surface area contributed by atoms with Gasteiger partial charge in [0.15, 0.2) is 0 Å². The van der Waals surface area contributed by atoms with E-state index in [4.69, 9.17) is 14.3 Å². The van der Waals surface area contributed by atoms with Crippen molar-refractivity contribution >= 4 is 33.7 Å². The van der Waals surface area contributed by atoms with Crippen molar-refractivity contribution in [3.05, 3.63) is 42.5 Å². The first-order valence-electron chi connectivity index (χ1n) is 7.80. The average Bonchev–Trinajstić information content (AvgIpc) is 2.96. The maximum Gasteiger partial charge on any atom is 0.322 e. The smallest absolute Gasteiger partial charge is 0.322 e. The van der Waals surface area contributed by atoms with Gasteiger partial charge in [-0.2, -0.15) is 0 Å². The number of nitrogens with one attached hydrogen (secondary N) is 1. The molecule has 0 aliphatic heterocycles. The van der Waals surface area contributed by atoms with Crippen LogP contribution in [0, 0.1) is 0 Å². The van der Waals surface area contributed by atoms with Crippen LogP contribution >= 0.6 is 0 Å². The number of aliphatic hydroxyl groups excluding tert-OH is 1. The Labute approximate surface area is 139 Å². The molecule has 3 rings (SSSR count). The van der Waals surface area contributed by atoms with Crippen molar-refractivity contribution in [2.45, 2.75) is 0 Å². The van der Waals surface area contributed by atoms with Crippen LogP contribution in [-0.2, 0) is 4.74 Å². The summed E-state index contributed by atoms with van der Waals surface area (Å²) >= 11 is 0. The van der Waals surface area contributed by atoms with E-state index in [0.29, 0.717) is 18.8 Å². The summed E-state index contributed by atoms with van der Waals surface area (Å²) in [6.07, 6.45) is 0. The first-order chi connectivity index (χ1) is 11.7. The zero-order chi connectivity index (χ0) is 16.9. The molecule has 3 aromatic rings. The number of carbonyl (C=O) groups excluding carboxylic acids is 1. The molecule has 6 nitrogen and oxygen atoms in total. The van der Waals surface area contributed by atoms with E-state index in [1.807, 2.05) is 36.4 Å². The van der Waals surface area contributed by atoms with Crippen molar-refractivity contribution in [1.82, 2.24) is 4.90 Å². The molecule has 2 N–H and O–H groups in total. The van der Waals surface area contributed by atoms with E-state index >= 15 is 0 Å². The van der Waals surface area contributed by atoms with Gasteiger partial charge in [0.05, 0.1) is 13.2 Å². The summed E-state index contributed by atoms with van der Waals surface area (Å²) in [5, 5.41) is 14.0. The number of para-hydroxylation sites is 1. The molecule has 0 radical (unpaired) electrons. The number of hydrogen-bond donors (Lipinski definition) is 2. The Morgan fingerprint density at radius 3 is 2.75 bits per heavy atom. The molecule has 6 heteroatoms. The number of aliphatic hydroxyl groups is 1. The predicted molar refractivity (Wildman–Crippen MR) is 93.3 cm³/mol. The highest BCUT2D eigenvalue weighted by atomic mass is 16.5. The number of urea groups is 1. The number of furan rings is 1. The van der Waals surface area contributed by atoms with E-state index in [-0.39, 0.29) is 19.2 Å². The van der Waals surface area contributed by atoms with E-state index in [1.54, 1.807) is 13.2 Å². The number of anilines is 1. The fraction of sp³-hybridized carbons (Fsp3) is 0.278. The highest BCUT2D eigenvalue weighted by Gasteiger charge is 2.14. The lowest BCUT2D eigenvalue weighted by molar-refractivity contribution is 0.142. The Hall–Kier alpha value is -2.57. The lowest BCUT2D eigenvalue weighted by Crippen LogP contribution is -2.39. The van der Waals surface area contributed by atoms with Crippen molar-refractivity contribution in [2.75, 3.05) is 38.7 Å². The van der Waals surface area contributed by atoms with Crippen LogP contribution in [0.5, 0.6) is 0 Å². The highest BCUT2D eigenvalue weighted by Crippen LogP contribution is 2.30. The van der Waals surface area contributed by atoms with Gasteiger partial charge in [-0.3, -0.25) is 0 Å². The molecule has 1 aromatic heterocycles. The van der Waals surface area contributed by atoms with E-state index in [2.05, 4.69) is 5.32 Å². The lowest BCUT2D eigenvalue weighted by Gasteiger charge is -2.21. The molecule has 1 heterocycles. The molecule has 126 valence electrons. The lowest BCUT2D eigenvalue weighted by atomic mass is 10.1. The standard InChI is InChI=1S/C18H20N2O4/c1-23-11-9-20(8-10-21)18(22)19-13-6-7-15-14-4-2-3-5-16(14)24-17(15)12-13/h2-7,12,21H,8-11H2,1H3,(H,19,22). The van der Waals surface area contributed by atoms with Gasteiger partial charge in [0.2, 0.25) is 0 Å². The van der Waals surface area contributed by atoms with Gasteiger partial charge >= 0.3 is 6.03 Å². The van der Waals surface area contributed by atoms with E-state index < -0.39 is 0 Å². The molecule has 24 heavy (non-hydrogen) atoms. The van der Waals surface area contributed by atoms with Crippen LogP contribution in [0.3, 0.4) is 0 Å². The van der Waals surface area contributed by atoms with Gasteiger partial charge in [-0.05, 0) is 18.2 Å². The summed E-state index contributed by atoms with van der Waals surface area (Å²) in [5.41, 5.74) is 2.18. The van der Waals surface area contributed by atoms with Crippen LogP contribution in [0.15, 0.2) is 46.9 Å². The third kappa shape index (κ3) is 3.34. The molecular weight excluding hydrogens is 308 g/mol. The Balaban J connectivity index is 1.81. The summed E-state index contributed by atoms with van der Waals surface area (Å²) in [4.78, 5) is 13.8. The summed E-state index contributed by atoms with van der Waals surface area (Å²) < 4.78 is 10.8. The number of fused-ring (bicyclic) bond motifs is 3. The first kappa shape index (κ1) is 16.3. The molecule has 0 atom stereocenters. The summed E-state index contributed by atoms with van der Waals surface area (Å²) in [6, 6.07) is 13.1. The zero-order valence-corrected chi connectivity index (χ0v) is 13.5. The normalized spacial score (nSPS) is 11.1. The van der Waals surface area contributed by atoms with Gasteiger partial charge in [-0.25, -0.2) is 4.79 Å². The molecule has 2 aromatic carbocycles. The van der Waals surface area contributed by atoms with Crippen LogP contribution in [0.4, 0.5) is 10.5 Å². The molecule has 0 bridgehead atoms. The first-order valence-corrected chi connectivity index (χ1v) is 7.80. The molecule has 0 fully saturated rings. The Kier molecular flexibility index (Phi) is 4.98. The second-order valence-electron chi connectivity index (χ2n) is 5.44. The number of amides is 2. The molecule has 0 aliphatic carbocycles. The average molecular weight is 328 g/mol. The van der Waals surface area contributed by atoms with Crippen molar-refractivity contribution in [1.29, 1.82) is 0 Å². The van der Waals surface area contributed by atoms with Gasteiger partial charge in [-0.1, -0.05) is 18.2 Å². The van der Waals surface area contributed by atoms with E-state index in [1.165, 1.54) is 4.90 Å². The van der Waals surface area contributed by atoms with Crippen LogP contribution in [-0.4, -0.2) is 49.5 Å². The Morgan fingerprint density at radius 1 is 1.17 bits per heavy atom. The zero-order valence-electron chi connectivity index (χ0n) is 13.5. The number of hydrogen-bond acceptors (Lipinski definition) is 4. The fourth-order valence-corrected chi connectivity index (χ4v) is 2.64. The Bertz CT molecular complexity index is 843. The quantitative estimate of drug-likeness (QED) is 0.729. The monoisotopic (exact) mass is 328 g/mol. The minimum atomic E-state index is -0.281. The molecule has 0 spiro atoms. The minimum Gasteiger partial charge on any atom is -0.456 e. The van der Waals surface area contributed by atoms with Crippen molar-refractivity contribution in [2.24, 2.45) is 0 Å². The largest absolute Gasteiger partial charge is 0.456 e. The van der Waals surface area contributed by atoms with Gasteiger partial charge in [0.25, 0.3) is 0 Å². The van der Waals surface area contributed by atoms with Crippen molar-refractivity contribution in [3.8, 4) is 0 Å². The maximum atomic E-state index is 12.3. The molecular formula is C18H20N2O4. The topological polar surface area (TPSA) is 74.9 Å². The summed E-state index contributed by atoms with van der Waals surface area (Å²) in [6.45, 7) is 0.980. The third-order valence-electron chi connectivity index (χ3n) is 3.85. The van der Waals surface area contributed by atoms with Crippen molar-refractivity contribution < 1.29 is 19.1 Å². The van der Waals surface area contributed by atoms with Crippen LogP contribution < -0.4 is 5.32 Å². The van der Waals surface area contributed by atoms with Crippen LogP contribution in [0.2, 0.25) is 0 Å². The van der Waals surface area contributed by atoms with Gasteiger partial charge < -0.3 is 24.5 Å². The molecule has 0 saturated heterocycles. The van der Waals surface area contributed by atoms with Gasteiger partial charge in [0.1, 0.15) is 11.2 Å². The number of ether oxygens (including phenoxy) is 1. The number of nitrogens with zero attached hydrogens (tertiary/aromatic N) is 1. The molecule has 0 saturated carbocycles. The van der Waals surface area contributed by atoms with E-state index in [9.17, 15) is 4.79 Å². The Morgan fingerprint density at radius 2 is 1.96 bits per heavy atom. The number of carbonyl (C=O) groups is 1. The highest BCUT2D eigenvalue weighted by molar-refractivity contribution is 6.06. The number of rotatable bonds is 6. The van der Waals surface area contributed by atoms with Gasteiger partial charge in [-0.15, -0.1) is 0 Å². The second kappa shape index (κ2) is 7.33.